The minimum absolute atomic E-state index is 0.0607. The van der Waals surface area contributed by atoms with Crippen molar-refractivity contribution < 1.29 is 14.0 Å². The molecule has 0 unspecified atom stereocenters. The molecule has 3 rings (SSSR count). The van der Waals surface area contributed by atoms with E-state index in [-0.39, 0.29) is 17.5 Å². The zero-order valence-electron chi connectivity index (χ0n) is 11.7. The minimum Gasteiger partial charge on any atom is -0.451 e. The van der Waals surface area contributed by atoms with Crippen molar-refractivity contribution in [3.05, 3.63) is 64.9 Å². The Kier molecular flexibility index (Phi) is 3.69. The summed E-state index contributed by atoms with van der Waals surface area (Å²) in [5.74, 6) is -0.256. The Balaban J connectivity index is 1.86. The summed E-state index contributed by atoms with van der Waals surface area (Å²) in [4.78, 5) is 23.6. The number of hydrogen-bond donors (Lipinski definition) is 1. The van der Waals surface area contributed by atoms with Crippen LogP contribution in [-0.4, -0.2) is 11.7 Å². The molecule has 2 aromatic carbocycles. The summed E-state index contributed by atoms with van der Waals surface area (Å²) < 4.78 is 5.50. The van der Waals surface area contributed by atoms with Crippen LogP contribution in [0.5, 0.6) is 0 Å². The van der Waals surface area contributed by atoms with Crippen LogP contribution >= 0.6 is 11.6 Å². The number of rotatable bonds is 3. The molecule has 0 saturated heterocycles. The molecule has 0 aliphatic carbocycles. The van der Waals surface area contributed by atoms with Crippen LogP contribution < -0.4 is 5.32 Å². The van der Waals surface area contributed by atoms with Gasteiger partial charge in [0.25, 0.3) is 5.91 Å². The summed E-state index contributed by atoms with van der Waals surface area (Å²) >= 11 is 5.91. The normalized spacial score (nSPS) is 10.6. The van der Waals surface area contributed by atoms with Gasteiger partial charge in [-0.3, -0.25) is 9.59 Å². The van der Waals surface area contributed by atoms with Crippen LogP contribution in [0.2, 0.25) is 5.02 Å². The number of anilines is 1. The van der Waals surface area contributed by atoms with Gasteiger partial charge in [0, 0.05) is 21.7 Å². The van der Waals surface area contributed by atoms with Crippen LogP contribution in [0.4, 0.5) is 5.69 Å². The van der Waals surface area contributed by atoms with Gasteiger partial charge in [-0.25, -0.2) is 0 Å². The zero-order valence-corrected chi connectivity index (χ0v) is 12.5. The third-order valence-corrected chi connectivity index (χ3v) is 3.46. The van der Waals surface area contributed by atoms with Crippen molar-refractivity contribution in [3.8, 4) is 0 Å². The second-order valence-electron chi connectivity index (χ2n) is 4.88. The summed E-state index contributed by atoms with van der Waals surface area (Å²) in [5.41, 5.74) is 1.66. The first kappa shape index (κ1) is 14.4. The van der Waals surface area contributed by atoms with Gasteiger partial charge in [0.15, 0.2) is 11.5 Å². The molecule has 110 valence electrons. The molecule has 1 aromatic heterocycles. The summed E-state index contributed by atoms with van der Waals surface area (Å²) in [6.45, 7) is 1.48. The molecule has 1 amide bonds. The highest BCUT2D eigenvalue weighted by Crippen LogP contribution is 2.23. The first-order valence-corrected chi connectivity index (χ1v) is 7.02. The number of nitrogens with one attached hydrogen (secondary N) is 1. The number of fused-ring (bicyclic) bond motifs is 1. The molecule has 0 radical (unpaired) electrons. The monoisotopic (exact) mass is 313 g/mol. The van der Waals surface area contributed by atoms with Crippen molar-refractivity contribution >= 4 is 39.9 Å². The van der Waals surface area contributed by atoms with Gasteiger partial charge in [0.05, 0.1) is 0 Å². The number of benzene rings is 2. The number of hydrogen-bond acceptors (Lipinski definition) is 3. The molecule has 0 bridgehead atoms. The van der Waals surface area contributed by atoms with Crippen LogP contribution in [0.1, 0.15) is 27.8 Å². The fraction of sp³-hybridized carbons (Fsp3) is 0.0588. The van der Waals surface area contributed by atoms with E-state index >= 15 is 0 Å². The largest absolute Gasteiger partial charge is 0.451 e. The summed E-state index contributed by atoms with van der Waals surface area (Å²) in [7, 11) is 0. The Morgan fingerprint density at radius 2 is 1.91 bits per heavy atom. The number of carbonyl (C=O) groups is 2. The van der Waals surface area contributed by atoms with Crippen LogP contribution in [0.25, 0.3) is 11.0 Å². The number of carbonyl (C=O) groups excluding carboxylic acids is 2. The van der Waals surface area contributed by atoms with E-state index in [0.717, 1.165) is 5.39 Å². The van der Waals surface area contributed by atoms with Crippen LogP contribution in [-0.2, 0) is 0 Å². The molecule has 0 fully saturated rings. The molecule has 3 aromatic rings. The number of furan rings is 1. The highest BCUT2D eigenvalue weighted by molar-refractivity contribution is 6.31. The predicted molar refractivity (Wildman–Crippen MR) is 85.6 cm³/mol. The highest BCUT2D eigenvalue weighted by Gasteiger charge is 2.13. The fourth-order valence-corrected chi connectivity index (χ4v) is 2.32. The molecule has 1 heterocycles. The molecular weight excluding hydrogens is 302 g/mol. The van der Waals surface area contributed by atoms with Crippen molar-refractivity contribution in [1.29, 1.82) is 0 Å². The van der Waals surface area contributed by atoms with Crippen molar-refractivity contribution in [2.45, 2.75) is 6.92 Å². The summed E-state index contributed by atoms with van der Waals surface area (Å²) in [6, 6.07) is 13.5. The fourth-order valence-electron chi connectivity index (χ4n) is 2.13. The van der Waals surface area contributed by atoms with Crippen molar-refractivity contribution in [2.24, 2.45) is 0 Å². The molecule has 0 atom stereocenters. The number of ketones is 1. The van der Waals surface area contributed by atoms with E-state index in [0.29, 0.717) is 21.9 Å². The van der Waals surface area contributed by atoms with E-state index in [4.69, 9.17) is 16.0 Å². The van der Waals surface area contributed by atoms with Gasteiger partial charge in [-0.05, 0) is 43.3 Å². The SMILES string of the molecule is CC(=O)c1cccc(NC(=O)c2cc3cc(Cl)ccc3o2)c1. The van der Waals surface area contributed by atoms with E-state index in [2.05, 4.69) is 5.32 Å². The van der Waals surface area contributed by atoms with E-state index in [1.807, 2.05) is 0 Å². The first-order chi connectivity index (χ1) is 10.5. The quantitative estimate of drug-likeness (QED) is 0.722. The maximum atomic E-state index is 12.2. The van der Waals surface area contributed by atoms with Gasteiger partial charge in [-0.15, -0.1) is 0 Å². The van der Waals surface area contributed by atoms with Gasteiger partial charge in [-0.2, -0.15) is 0 Å². The smallest absolute Gasteiger partial charge is 0.291 e. The molecule has 0 spiro atoms. The van der Waals surface area contributed by atoms with Crippen LogP contribution in [0, 0.1) is 0 Å². The topological polar surface area (TPSA) is 59.3 Å². The average Bonchev–Trinajstić information content (AvgIpc) is 2.90. The van der Waals surface area contributed by atoms with Crippen molar-refractivity contribution in [2.75, 3.05) is 5.32 Å². The Labute approximate surface area is 131 Å². The zero-order chi connectivity index (χ0) is 15.7. The molecule has 0 aliphatic heterocycles. The van der Waals surface area contributed by atoms with Crippen LogP contribution in [0.15, 0.2) is 52.9 Å². The minimum atomic E-state index is -0.381. The second-order valence-corrected chi connectivity index (χ2v) is 5.32. The number of Topliss-reactive ketones (excluding diaryl/α,β-unsaturated/α-hetero) is 1. The lowest BCUT2D eigenvalue weighted by atomic mass is 10.1. The summed E-state index contributed by atoms with van der Waals surface area (Å²) in [5, 5.41) is 4.05. The third kappa shape index (κ3) is 2.87. The molecule has 5 heteroatoms. The van der Waals surface area contributed by atoms with E-state index < -0.39 is 0 Å². The van der Waals surface area contributed by atoms with Crippen molar-refractivity contribution in [3.63, 3.8) is 0 Å². The molecule has 1 N–H and O–H groups in total. The summed E-state index contributed by atoms with van der Waals surface area (Å²) in [6.07, 6.45) is 0. The van der Waals surface area contributed by atoms with Crippen molar-refractivity contribution in [1.82, 2.24) is 0 Å². The lowest BCUT2D eigenvalue weighted by Crippen LogP contribution is -2.11. The molecule has 4 nitrogen and oxygen atoms in total. The Bertz CT molecular complexity index is 882. The highest BCUT2D eigenvalue weighted by atomic mass is 35.5. The van der Waals surface area contributed by atoms with E-state index in [1.165, 1.54) is 6.92 Å². The molecule has 0 aliphatic rings. The number of halogens is 1. The molecule has 0 saturated carbocycles. The standard InChI is InChI=1S/C17H12ClNO3/c1-10(20)11-3-2-4-14(8-11)19-17(21)16-9-12-7-13(18)5-6-15(12)22-16/h2-9H,1H3,(H,19,21). The van der Waals surface area contributed by atoms with Gasteiger partial charge in [0.2, 0.25) is 0 Å². The lowest BCUT2D eigenvalue weighted by molar-refractivity contribution is 0.0993. The van der Waals surface area contributed by atoms with Crippen LogP contribution in [0.3, 0.4) is 0 Å². The van der Waals surface area contributed by atoms with Gasteiger partial charge >= 0.3 is 0 Å². The maximum absolute atomic E-state index is 12.2. The lowest BCUT2D eigenvalue weighted by Gasteiger charge is -2.04. The Morgan fingerprint density at radius 1 is 1.09 bits per heavy atom. The van der Waals surface area contributed by atoms with E-state index in [1.54, 1.807) is 48.5 Å². The predicted octanol–water partition coefficient (Wildman–Crippen LogP) is 4.54. The Morgan fingerprint density at radius 3 is 2.68 bits per heavy atom. The number of amides is 1. The van der Waals surface area contributed by atoms with Gasteiger partial charge in [0.1, 0.15) is 5.58 Å². The Hall–Kier alpha value is -2.59. The molecule has 22 heavy (non-hydrogen) atoms. The molecular formula is C17H12ClNO3. The first-order valence-electron chi connectivity index (χ1n) is 6.64. The van der Waals surface area contributed by atoms with Gasteiger partial charge in [-0.1, -0.05) is 23.7 Å². The maximum Gasteiger partial charge on any atom is 0.291 e. The average molecular weight is 314 g/mol. The third-order valence-electron chi connectivity index (χ3n) is 3.23. The van der Waals surface area contributed by atoms with E-state index in [9.17, 15) is 9.59 Å². The second kappa shape index (κ2) is 5.66. The van der Waals surface area contributed by atoms with Gasteiger partial charge < -0.3 is 9.73 Å².